The highest BCUT2D eigenvalue weighted by Gasteiger charge is 2.06. The van der Waals surface area contributed by atoms with Gasteiger partial charge in [0.25, 0.3) is 0 Å². The fourth-order valence-electron chi connectivity index (χ4n) is 1.20. The van der Waals surface area contributed by atoms with E-state index in [0.717, 1.165) is 11.1 Å². The molecule has 2 heteroatoms. The normalized spacial score (nSPS) is 9.23. The second-order valence-electron chi connectivity index (χ2n) is 2.58. The molecule has 2 N–H and O–H groups in total. The van der Waals surface area contributed by atoms with Gasteiger partial charge in [0.2, 0.25) is 5.91 Å². The van der Waals surface area contributed by atoms with Crippen LogP contribution in [0.5, 0.6) is 0 Å². The topological polar surface area (TPSA) is 43.1 Å². The summed E-state index contributed by atoms with van der Waals surface area (Å²) in [5, 5.41) is 0. The van der Waals surface area contributed by atoms with E-state index in [1.54, 1.807) is 24.3 Å². The maximum absolute atomic E-state index is 11.0. The zero-order chi connectivity index (χ0) is 9.84. The molecule has 0 heterocycles. The number of primary amides is 1. The summed E-state index contributed by atoms with van der Waals surface area (Å²) in [7, 11) is 0. The molecule has 2 nitrogen and oxygen atoms in total. The average molecular weight is 173 g/mol. The van der Waals surface area contributed by atoms with Gasteiger partial charge in [0.1, 0.15) is 0 Å². The van der Waals surface area contributed by atoms with E-state index in [0.29, 0.717) is 5.56 Å². The van der Waals surface area contributed by atoms with E-state index in [4.69, 9.17) is 5.73 Å². The van der Waals surface area contributed by atoms with Crippen molar-refractivity contribution in [1.82, 2.24) is 0 Å². The number of hydrogen-bond acceptors (Lipinski definition) is 1. The van der Waals surface area contributed by atoms with Crippen molar-refractivity contribution < 1.29 is 4.79 Å². The Morgan fingerprint density at radius 1 is 1.31 bits per heavy atom. The molecule has 1 amide bonds. The zero-order valence-corrected chi connectivity index (χ0v) is 7.29. The van der Waals surface area contributed by atoms with E-state index in [9.17, 15) is 4.79 Å². The van der Waals surface area contributed by atoms with E-state index in [1.807, 2.05) is 6.07 Å². The Hall–Kier alpha value is -1.83. The molecule has 66 valence electrons. The summed E-state index contributed by atoms with van der Waals surface area (Å²) in [6, 6.07) is 5.30. The van der Waals surface area contributed by atoms with Crippen LogP contribution in [-0.4, -0.2) is 5.91 Å². The summed E-state index contributed by atoms with van der Waals surface area (Å²) >= 11 is 0. The average Bonchev–Trinajstić information content (AvgIpc) is 2.16. The van der Waals surface area contributed by atoms with Gasteiger partial charge in [-0.05, 0) is 17.2 Å². The minimum absolute atomic E-state index is 0.446. The van der Waals surface area contributed by atoms with Crippen molar-refractivity contribution in [3.8, 4) is 0 Å². The first kappa shape index (κ1) is 9.26. The number of rotatable bonds is 3. The third kappa shape index (κ3) is 1.67. The lowest BCUT2D eigenvalue weighted by Gasteiger charge is -2.04. The maximum atomic E-state index is 11.0. The smallest absolute Gasteiger partial charge is 0.249 e. The molecule has 1 aromatic rings. The molecule has 0 aliphatic heterocycles. The maximum Gasteiger partial charge on any atom is 0.249 e. The molecule has 0 atom stereocenters. The van der Waals surface area contributed by atoms with Crippen LogP contribution in [0.15, 0.2) is 31.4 Å². The lowest BCUT2D eigenvalue weighted by atomic mass is 10.0. The van der Waals surface area contributed by atoms with Gasteiger partial charge in [0.05, 0.1) is 0 Å². The van der Waals surface area contributed by atoms with Crippen molar-refractivity contribution in [1.29, 1.82) is 0 Å². The third-order valence-electron chi connectivity index (χ3n) is 1.83. The van der Waals surface area contributed by atoms with Gasteiger partial charge in [0, 0.05) is 5.56 Å². The van der Waals surface area contributed by atoms with Crippen molar-refractivity contribution in [3.05, 3.63) is 48.0 Å². The van der Waals surface area contributed by atoms with Gasteiger partial charge in [-0.3, -0.25) is 4.79 Å². The van der Waals surface area contributed by atoms with Crippen LogP contribution in [0.1, 0.15) is 21.5 Å². The Morgan fingerprint density at radius 3 is 2.46 bits per heavy atom. The molecule has 0 unspecified atom stereocenters. The lowest BCUT2D eigenvalue weighted by Crippen LogP contribution is -2.12. The van der Waals surface area contributed by atoms with Crippen molar-refractivity contribution in [2.75, 3.05) is 0 Å². The van der Waals surface area contributed by atoms with Crippen molar-refractivity contribution in [2.24, 2.45) is 5.73 Å². The predicted molar refractivity (Wildman–Crippen MR) is 55.1 cm³/mol. The Bertz CT molecular complexity index is 366. The van der Waals surface area contributed by atoms with Gasteiger partial charge in [0.15, 0.2) is 0 Å². The van der Waals surface area contributed by atoms with Crippen LogP contribution in [-0.2, 0) is 0 Å². The monoisotopic (exact) mass is 173 g/mol. The number of benzene rings is 1. The number of nitrogens with two attached hydrogens (primary N) is 1. The zero-order valence-electron chi connectivity index (χ0n) is 7.29. The molecule has 0 aromatic heterocycles. The van der Waals surface area contributed by atoms with Gasteiger partial charge >= 0.3 is 0 Å². The van der Waals surface area contributed by atoms with Gasteiger partial charge < -0.3 is 5.73 Å². The standard InChI is InChI=1S/C11H11NO/c1-3-8-6-5-7-10(11(12)13)9(8)4-2/h3-7H,1-2H2,(H2,12,13). The van der Waals surface area contributed by atoms with E-state index < -0.39 is 5.91 Å². The van der Waals surface area contributed by atoms with E-state index >= 15 is 0 Å². The summed E-state index contributed by atoms with van der Waals surface area (Å²) < 4.78 is 0. The minimum atomic E-state index is -0.446. The Morgan fingerprint density at radius 2 is 2.00 bits per heavy atom. The van der Waals surface area contributed by atoms with Crippen LogP contribution in [0.3, 0.4) is 0 Å². The molecule has 0 saturated heterocycles. The highest BCUT2D eigenvalue weighted by atomic mass is 16.1. The fraction of sp³-hybridized carbons (Fsp3) is 0. The van der Waals surface area contributed by atoms with Gasteiger partial charge in [-0.1, -0.05) is 37.4 Å². The summed E-state index contributed by atoms with van der Waals surface area (Å²) in [4.78, 5) is 11.0. The predicted octanol–water partition coefficient (Wildman–Crippen LogP) is 2.07. The second kappa shape index (κ2) is 3.72. The minimum Gasteiger partial charge on any atom is -0.366 e. The van der Waals surface area contributed by atoms with Crippen LogP contribution in [0.2, 0.25) is 0 Å². The molecule has 0 aliphatic rings. The molecular formula is C11H11NO. The SMILES string of the molecule is C=Cc1cccc(C(N)=O)c1C=C. The number of hydrogen-bond donors (Lipinski definition) is 1. The molecule has 0 fully saturated rings. The molecule has 0 saturated carbocycles. The van der Waals surface area contributed by atoms with Crippen molar-refractivity contribution in [3.63, 3.8) is 0 Å². The van der Waals surface area contributed by atoms with Gasteiger partial charge in [-0.15, -0.1) is 0 Å². The molecule has 0 radical (unpaired) electrons. The highest BCUT2D eigenvalue weighted by molar-refractivity contribution is 5.97. The molecular weight excluding hydrogens is 162 g/mol. The Kier molecular flexibility index (Phi) is 2.65. The van der Waals surface area contributed by atoms with Crippen molar-refractivity contribution in [2.45, 2.75) is 0 Å². The summed E-state index contributed by atoms with van der Waals surface area (Å²) in [5.74, 6) is -0.446. The number of amides is 1. The van der Waals surface area contributed by atoms with E-state index in [1.165, 1.54) is 0 Å². The van der Waals surface area contributed by atoms with Crippen LogP contribution in [0, 0.1) is 0 Å². The third-order valence-corrected chi connectivity index (χ3v) is 1.83. The quantitative estimate of drug-likeness (QED) is 0.747. The number of carbonyl (C=O) groups excluding carboxylic acids is 1. The molecule has 0 aliphatic carbocycles. The summed E-state index contributed by atoms with van der Waals surface area (Å²) in [6.45, 7) is 7.27. The van der Waals surface area contributed by atoms with Crippen LogP contribution >= 0.6 is 0 Å². The van der Waals surface area contributed by atoms with Gasteiger partial charge in [-0.25, -0.2) is 0 Å². The number of carbonyl (C=O) groups is 1. The van der Waals surface area contributed by atoms with Crippen molar-refractivity contribution >= 4 is 18.1 Å². The summed E-state index contributed by atoms with van der Waals surface area (Å²) in [6.07, 6.45) is 3.28. The first-order valence-corrected chi connectivity index (χ1v) is 3.88. The largest absolute Gasteiger partial charge is 0.366 e. The first-order valence-electron chi connectivity index (χ1n) is 3.88. The van der Waals surface area contributed by atoms with Gasteiger partial charge in [-0.2, -0.15) is 0 Å². The van der Waals surface area contributed by atoms with Crippen LogP contribution in [0.25, 0.3) is 12.2 Å². The summed E-state index contributed by atoms with van der Waals surface area (Å²) in [5.41, 5.74) is 7.28. The second-order valence-corrected chi connectivity index (χ2v) is 2.58. The van der Waals surface area contributed by atoms with Crippen LogP contribution < -0.4 is 5.73 Å². The molecule has 0 spiro atoms. The fourth-order valence-corrected chi connectivity index (χ4v) is 1.20. The van der Waals surface area contributed by atoms with E-state index in [-0.39, 0.29) is 0 Å². The molecule has 1 aromatic carbocycles. The molecule has 0 bridgehead atoms. The molecule has 13 heavy (non-hydrogen) atoms. The molecule has 1 rings (SSSR count). The van der Waals surface area contributed by atoms with Crippen LogP contribution in [0.4, 0.5) is 0 Å². The van der Waals surface area contributed by atoms with E-state index in [2.05, 4.69) is 13.2 Å². The Balaban J connectivity index is 3.43. The Labute approximate surface area is 77.4 Å². The highest BCUT2D eigenvalue weighted by Crippen LogP contribution is 2.16. The lowest BCUT2D eigenvalue weighted by molar-refractivity contribution is 0.1000. The first-order chi connectivity index (χ1) is 6.20.